The molecule has 3 rings (SSSR count). The predicted octanol–water partition coefficient (Wildman–Crippen LogP) is 2.16. The van der Waals surface area contributed by atoms with E-state index in [0.29, 0.717) is 12.5 Å². The van der Waals surface area contributed by atoms with Crippen LogP contribution in [0.15, 0.2) is 36.7 Å². The van der Waals surface area contributed by atoms with Gasteiger partial charge in [-0.05, 0) is 17.7 Å². The van der Waals surface area contributed by atoms with Crippen LogP contribution in [0.1, 0.15) is 5.56 Å². The van der Waals surface area contributed by atoms with E-state index >= 15 is 0 Å². The van der Waals surface area contributed by atoms with Crippen molar-refractivity contribution in [3.05, 3.63) is 47.2 Å². The maximum absolute atomic E-state index is 5.97. The van der Waals surface area contributed by atoms with Gasteiger partial charge in [-0.3, -0.25) is 4.98 Å². The van der Waals surface area contributed by atoms with E-state index in [1.54, 1.807) is 12.4 Å². The van der Waals surface area contributed by atoms with Crippen LogP contribution in [-0.2, 0) is 6.42 Å². The van der Waals surface area contributed by atoms with Crippen molar-refractivity contribution in [2.24, 2.45) is 0 Å². The average molecular weight is 319 g/mol. The number of piperazine rings is 1. The molecule has 1 saturated heterocycles. The summed E-state index contributed by atoms with van der Waals surface area (Å²) in [7, 11) is 0. The molecule has 5 nitrogen and oxygen atoms in total. The molecule has 0 aliphatic carbocycles. The largest absolute Gasteiger partial charge is 0.476 e. The summed E-state index contributed by atoms with van der Waals surface area (Å²) in [5.41, 5.74) is 1.15. The van der Waals surface area contributed by atoms with Crippen LogP contribution in [0.25, 0.3) is 0 Å². The van der Waals surface area contributed by atoms with E-state index in [1.807, 2.05) is 24.3 Å². The number of benzene rings is 1. The van der Waals surface area contributed by atoms with Crippen molar-refractivity contribution in [1.29, 1.82) is 0 Å². The maximum Gasteiger partial charge on any atom is 0.234 e. The Kier molecular flexibility index (Phi) is 5.08. The van der Waals surface area contributed by atoms with Crippen LogP contribution >= 0.6 is 11.6 Å². The molecule has 0 bridgehead atoms. The van der Waals surface area contributed by atoms with Crippen LogP contribution < -0.4 is 15.0 Å². The van der Waals surface area contributed by atoms with Crippen LogP contribution in [0, 0.1) is 0 Å². The van der Waals surface area contributed by atoms with E-state index < -0.39 is 0 Å². The van der Waals surface area contributed by atoms with E-state index in [1.165, 1.54) is 0 Å². The van der Waals surface area contributed by atoms with Crippen LogP contribution in [0.2, 0.25) is 5.02 Å². The topological polar surface area (TPSA) is 50.3 Å². The fourth-order valence-electron chi connectivity index (χ4n) is 2.42. The fraction of sp³-hybridized carbons (Fsp3) is 0.375. The molecule has 2 heterocycles. The van der Waals surface area contributed by atoms with Gasteiger partial charge in [0.15, 0.2) is 5.82 Å². The molecule has 1 aromatic heterocycles. The standard InChI is InChI=1S/C16H19ClN4O/c17-14-3-1-2-13(10-14)4-9-22-16-12-19-11-15(20-16)21-7-5-18-6-8-21/h1-3,10-12,18H,4-9H2. The first-order valence-electron chi connectivity index (χ1n) is 7.46. The number of hydrogen-bond acceptors (Lipinski definition) is 5. The maximum atomic E-state index is 5.97. The third kappa shape index (κ3) is 4.08. The zero-order valence-electron chi connectivity index (χ0n) is 12.3. The Bertz CT molecular complexity index is 617. The highest BCUT2D eigenvalue weighted by Gasteiger charge is 2.12. The van der Waals surface area contributed by atoms with Crippen LogP contribution in [-0.4, -0.2) is 42.8 Å². The predicted molar refractivity (Wildman–Crippen MR) is 87.8 cm³/mol. The molecule has 0 spiro atoms. The quantitative estimate of drug-likeness (QED) is 0.915. The molecule has 0 radical (unpaired) electrons. The Morgan fingerprint density at radius 2 is 2.09 bits per heavy atom. The van der Waals surface area contributed by atoms with Gasteiger partial charge in [-0.1, -0.05) is 23.7 Å². The smallest absolute Gasteiger partial charge is 0.234 e. The monoisotopic (exact) mass is 318 g/mol. The summed E-state index contributed by atoms with van der Waals surface area (Å²) in [6, 6.07) is 7.81. The molecule has 0 atom stereocenters. The van der Waals surface area contributed by atoms with Gasteiger partial charge in [-0.25, -0.2) is 0 Å². The van der Waals surface area contributed by atoms with Gasteiger partial charge in [0.05, 0.1) is 19.0 Å². The number of rotatable bonds is 5. The summed E-state index contributed by atoms with van der Waals surface area (Å²) < 4.78 is 5.72. The molecule has 0 unspecified atom stereocenters. The molecular weight excluding hydrogens is 300 g/mol. The third-order valence-electron chi connectivity index (χ3n) is 3.57. The van der Waals surface area contributed by atoms with Gasteiger partial charge in [0.2, 0.25) is 5.88 Å². The first kappa shape index (κ1) is 15.1. The number of hydrogen-bond donors (Lipinski definition) is 1. The van der Waals surface area contributed by atoms with E-state index in [0.717, 1.165) is 49.0 Å². The van der Waals surface area contributed by atoms with Crippen molar-refractivity contribution >= 4 is 17.4 Å². The van der Waals surface area contributed by atoms with Gasteiger partial charge in [0, 0.05) is 37.6 Å². The molecule has 6 heteroatoms. The molecule has 1 aliphatic heterocycles. The Balaban J connectivity index is 1.56. The summed E-state index contributed by atoms with van der Waals surface area (Å²) >= 11 is 5.97. The Morgan fingerprint density at radius 3 is 2.91 bits per heavy atom. The summed E-state index contributed by atoms with van der Waals surface area (Å²) in [4.78, 5) is 11.0. The molecule has 1 N–H and O–H groups in total. The van der Waals surface area contributed by atoms with Crippen LogP contribution in [0.4, 0.5) is 5.82 Å². The first-order chi connectivity index (χ1) is 10.8. The van der Waals surface area contributed by atoms with Gasteiger partial charge >= 0.3 is 0 Å². The fourth-order valence-corrected chi connectivity index (χ4v) is 2.63. The normalized spacial score (nSPS) is 14.9. The van der Waals surface area contributed by atoms with Gasteiger partial charge in [-0.2, -0.15) is 4.98 Å². The lowest BCUT2D eigenvalue weighted by Crippen LogP contribution is -2.43. The Morgan fingerprint density at radius 1 is 1.23 bits per heavy atom. The lowest BCUT2D eigenvalue weighted by atomic mass is 10.2. The lowest BCUT2D eigenvalue weighted by molar-refractivity contribution is 0.308. The highest BCUT2D eigenvalue weighted by molar-refractivity contribution is 6.30. The molecule has 1 fully saturated rings. The van der Waals surface area contributed by atoms with E-state index in [2.05, 4.69) is 20.2 Å². The highest BCUT2D eigenvalue weighted by Crippen LogP contribution is 2.15. The zero-order valence-corrected chi connectivity index (χ0v) is 13.1. The molecule has 0 saturated carbocycles. The average Bonchev–Trinajstić information content (AvgIpc) is 2.56. The molecule has 0 amide bonds. The van der Waals surface area contributed by atoms with Crippen molar-refractivity contribution in [2.45, 2.75) is 6.42 Å². The molecular formula is C16H19ClN4O. The summed E-state index contributed by atoms with van der Waals surface area (Å²) in [5, 5.41) is 4.07. The van der Waals surface area contributed by atoms with Crippen LogP contribution in [0.3, 0.4) is 0 Å². The SMILES string of the molecule is Clc1cccc(CCOc2cncc(N3CCNCC3)n2)c1. The second-order valence-corrected chi connectivity index (χ2v) is 5.62. The van der Waals surface area contributed by atoms with Gasteiger partial charge in [0.1, 0.15) is 0 Å². The first-order valence-corrected chi connectivity index (χ1v) is 7.84. The number of anilines is 1. The molecule has 116 valence electrons. The minimum Gasteiger partial charge on any atom is -0.476 e. The van der Waals surface area contributed by atoms with Crippen molar-refractivity contribution in [2.75, 3.05) is 37.7 Å². The minimum absolute atomic E-state index is 0.556. The lowest BCUT2D eigenvalue weighted by Gasteiger charge is -2.28. The van der Waals surface area contributed by atoms with Crippen molar-refractivity contribution in [1.82, 2.24) is 15.3 Å². The van der Waals surface area contributed by atoms with E-state index in [9.17, 15) is 0 Å². The Labute approximate surface area is 135 Å². The number of halogens is 1. The number of ether oxygens (including phenoxy) is 1. The number of nitrogens with one attached hydrogen (secondary N) is 1. The van der Waals surface area contributed by atoms with Gasteiger partial charge in [0.25, 0.3) is 0 Å². The van der Waals surface area contributed by atoms with Crippen LogP contribution in [0.5, 0.6) is 5.88 Å². The second-order valence-electron chi connectivity index (χ2n) is 5.18. The summed E-state index contributed by atoms with van der Waals surface area (Å²) in [6.07, 6.45) is 4.24. The number of nitrogens with zero attached hydrogens (tertiary/aromatic N) is 3. The Hall–Kier alpha value is -1.85. The van der Waals surface area contributed by atoms with E-state index in [-0.39, 0.29) is 0 Å². The zero-order chi connectivity index (χ0) is 15.2. The molecule has 1 aromatic carbocycles. The van der Waals surface area contributed by atoms with Crippen molar-refractivity contribution in [3.8, 4) is 5.88 Å². The highest BCUT2D eigenvalue weighted by atomic mass is 35.5. The molecule has 1 aliphatic rings. The molecule has 2 aromatic rings. The van der Waals surface area contributed by atoms with E-state index in [4.69, 9.17) is 16.3 Å². The summed E-state index contributed by atoms with van der Waals surface area (Å²) in [6.45, 7) is 4.39. The van der Waals surface area contributed by atoms with Crippen molar-refractivity contribution in [3.63, 3.8) is 0 Å². The third-order valence-corrected chi connectivity index (χ3v) is 3.81. The molecule has 22 heavy (non-hydrogen) atoms. The van der Waals surface area contributed by atoms with Gasteiger partial charge < -0.3 is 15.0 Å². The summed E-state index contributed by atoms with van der Waals surface area (Å²) in [5.74, 6) is 1.44. The van der Waals surface area contributed by atoms with Gasteiger partial charge in [-0.15, -0.1) is 0 Å². The number of aromatic nitrogens is 2. The van der Waals surface area contributed by atoms with Crippen molar-refractivity contribution < 1.29 is 4.74 Å². The minimum atomic E-state index is 0.556. The second kappa shape index (κ2) is 7.42.